The van der Waals surface area contributed by atoms with Crippen molar-refractivity contribution < 1.29 is 22.8 Å². The molecule has 2 saturated heterocycles. The van der Waals surface area contributed by atoms with E-state index in [1.54, 1.807) is 0 Å². The zero-order valence-electron chi connectivity index (χ0n) is 17.2. The van der Waals surface area contributed by atoms with Gasteiger partial charge in [0.1, 0.15) is 5.82 Å². The first kappa shape index (κ1) is 22.4. The van der Waals surface area contributed by atoms with Crippen LogP contribution in [0.25, 0.3) is 0 Å². The van der Waals surface area contributed by atoms with E-state index in [1.807, 2.05) is 4.90 Å². The quantitative estimate of drug-likeness (QED) is 0.786. The number of aromatic nitrogens is 1. The Morgan fingerprint density at radius 1 is 1.20 bits per heavy atom. The van der Waals surface area contributed by atoms with Gasteiger partial charge in [-0.25, -0.2) is 4.98 Å². The average molecular weight is 426 g/mol. The summed E-state index contributed by atoms with van der Waals surface area (Å²) in [6.45, 7) is 4.51. The summed E-state index contributed by atoms with van der Waals surface area (Å²) >= 11 is 0. The van der Waals surface area contributed by atoms with Crippen molar-refractivity contribution in [2.45, 2.75) is 45.2 Å². The van der Waals surface area contributed by atoms with Gasteiger partial charge >= 0.3 is 6.18 Å². The molecule has 1 aromatic heterocycles. The topological polar surface area (TPSA) is 65.5 Å². The van der Waals surface area contributed by atoms with Crippen LogP contribution in [0.15, 0.2) is 18.3 Å². The fourth-order valence-electron chi connectivity index (χ4n) is 4.26. The number of alkyl halides is 3. The lowest BCUT2D eigenvalue weighted by atomic mass is 9.96. The summed E-state index contributed by atoms with van der Waals surface area (Å²) in [6, 6.07) is 2.28. The van der Waals surface area contributed by atoms with Crippen molar-refractivity contribution in [3.63, 3.8) is 0 Å². The van der Waals surface area contributed by atoms with Gasteiger partial charge in [0.05, 0.1) is 11.5 Å². The van der Waals surface area contributed by atoms with Gasteiger partial charge in [0, 0.05) is 45.3 Å². The zero-order chi connectivity index (χ0) is 21.7. The van der Waals surface area contributed by atoms with Crippen LogP contribution in [0.1, 0.15) is 44.6 Å². The Morgan fingerprint density at radius 2 is 1.97 bits per heavy atom. The molecular weight excluding hydrogens is 397 g/mol. The smallest absolute Gasteiger partial charge is 0.355 e. The summed E-state index contributed by atoms with van der Waals surface area (Å²) in [4.78, 5) is 32.2. The highest BCUT2D eigenvalue weighted by Gasteiger charge is 2.37. The maximum absolute atomic E-state index is 13.3. The molecule has 9 heteroatoms. The molecule has 2 amide bonds. The minimum Gasteiger partial charge on any atom is -0.355 e. The van der Waals surface area contributed by atoms with Crippen molar-refractivity contribution in [1.29, 1.82) is 0 Å². The third-order valence-electron chi connectivity index (χ3n) is 5.83. The predicted octanol–water partition coefficient (Wildman–Crippen LogP) is 3.08. The number of rotatable bonds is 5. The maximum Gasteiger partial charge on any atom is 0.419 e. The molecule has 2 aliphatic heterocycles. The molecule has 166 valence electrons. The molecule has 2 atom stereocenters. The monoisotopic (exact) mass is 426 g/mol. The normalized spacial score (nSPS) is 22.7. The van der Waals surface area contributed by atoms with E-state index in [2.05, 4.69) is 17.2 Å². The summed E-state index contributed by atoms with van der Waals surface area (Å²) in [5.41, 5.74) is -0.785. The van der Waals surface area contributed by atoms with Crippen molar-refractivity contribution in [2.24, 2.45) is 11.8 Å². The Labute approximate surface area is 174 Å². The summed E-state index contributed by atoms with van der Waals surface area (Å²) in [7, 11) is 0. The lowest BCUT2D eigenvalue weighted by Crippen LogP contribution is -2.45. The van der Waals surface area contributed by atoms with Gasteiger partial charge in [-0.15, -0.1) is 0 Å². The maximum atomic E-state index is 13.3. The highest BCUT2D eigenvalue weighted by Crippen LogP contribution is 2.36. The second kappa shape index (κ2) is 9.66. The first-order chi connectivity index (χ1) is 14.3. The van der Waals surface area contributed by atoms with Crippen molar-refractivity contribution in [3.05, 3.63) is 23.9 Å². The van der Waals surface area contributed by atoms with Crippen molar-refractivity contribution >= 4 is 17.6 Å². The van der Waals surface area contributed by atoms with Gasteiger partial charge in [0.2, 0.25) is 11.8 Å². The lowest BCUT2D eigenvalue weighted by Gasteiger charge is -2.34. The number of anilines is 1. The number of amides is 2. The Morgan fingerprint density at radius 3 is 2.70 bits per heavy atom. The summed E-state index contributed by atoms with van der Waals surface area (Å²) in [6.07, 6.45) is 0.431. The fourth-order valence-corrected chi connectivity index (χ4v) is 4.26. The van der Waals surface area contributed by atoms with Crippen LogP contribution in [0.4, 0.5) is 19.0 Å². The summed E-state index contributed by atoms with van der Waals surface area (Å²) in [5, 5.41) is 2.79. The summed E-state index contributed by atoms with van der Waals surface area (Å²) in [5.74, 6) is -0.234. The molecule has 0 spiro atoms. The molecule has 0 saturated carbocycles. The molecule has 1 aromatic rings. The van der Waals surface area contributed by atoms with E-state index in [-0.39, 0.29) is 37.1 Å². The van der Waals surface area contributed by atoms with Gasteiger partial charge in [0.15, 0.2) is 0 Å². The first-order valence-corrected chi connectivity index (χ1v) is 10.6. The van der Waals surface area contributed by atoms with E-state index in [0.717, 1.165) is 32.0 Å². The number of hydrogen-bond donors (Lipinski definition) is 1. The molecule has 2 fully saturated rings. The van der Waals surface area contributed by atoms with E-state index in [0.29, 0.717) is 25.3 Å². The van der Waals surface area contributed by atoms with E-state index in [9.17, 15) is 22.8 Å². The van der Waals surface area contributed by atoms with E-state index >= 15 is 0 Å². The van der Waals surface area contributed by atoms with E-state index in [4.69, 9.17) is 0 Å². The van der Waals surface area contributed by atoms with Gasteiger partial charge in [0.25, 0.3) is 0 Å². The first-order valence-electron chi connectivity index (χ1n) is 10.6. The van der Waals surface area contributed by atoms with Gasteiger partial charge in [-0.05, 0) is 43.7 Å². The second-order valence-corrected chi connectivity index (χ2v) is 8.29. The predicted molar refractivity (Wildman–Crippen MR) is 107 cm³/mol. The molecule has 30 heavy (non-hydrogen) atoms. The molecule has 0 aromatic carbocycles. The number of nitrogens with one attached hydrogen (secondary N) is 1. The van der Waals surface area contributed by atoms with Crippen LogP contribution in [0.2, 0.25) is 0 Å². The molecule has 0 aliphatic carbocycles. The van der Waals surface area contributed by atoms with Crippen molar-refractivity contribution in [2.75, 3.05) is 37.6 Å². The average Bonchev–Trinajstić information content (AvgIpc) is 2.73. The van der Waals surface area contributed by atoms with Crippen molar-refractivity contribution in [3.8, 4) is 0 Å². The highest BCUT2D eigenvalue weighted by atomic mass is 19.4. The molecule has 1 N–H and O–H groups in total. The third-order valence-corrected chi connectivity index (χ3v) is 5.83. The molecular formula is C21H29F3N4O2. The molecule has 0 radical (unpaired) electrons. The summed E-state index contributed by atoms with van der Waals surface area (Å²) < 4.78 is 39.9. The molecule has 3 heterocycles. The number of pyridine rings is 1. The standard InChI is InChI=1S/C21H29F3N4O2/c1-15-5-3-11-27(13-15)18(29)8-10-26-20(30)16-6-4-12-28(14-16)19-17(21(22,23)24)7-2-9-25-19/h2,7,9,15-16H,3-6,8,10-14H2,1H3,(H,26,30). The van der Waals surface area contributed by atoms with Crippen LogP contribution in [0.3, 0.4) is 0 Å². The number of carbonyl (C=O) groups is 2. The minimum absolute atomic E-state index is 0.0374. The number of hydrogen-bond acceptors (Lipinski definition) is 4. The SMILES string of the molecule is CC1CCCN(C(=O)CCNC(=O)C2CCCN(c3ncccc3C(F)(F)F)C2)C1. The van der Waals surface area contributed by atoms with Crippen molar-refractivity contribution in [1.82, 2.24) is 15.2 Å². The number of halogens is 3. The molecule has 0 bridgehead atoms. The van der Waals surface area contributed by atoms with E-state index < -0.39 is 17.7 Å². The van der Waals surface area contributed by atoms with Gasteiger partial charge in [-0.3, -0.25) is 9.59 Å². The zero-order valence-corrected chi connectivity index (χ0v) is 17.2. The number of carbonyl (C=O) groups excluding carboxylic acids is 2. The minimum atomic E-state index is -4.49. The van der Waals surface area contributed by atoms with Gasteiger partial charge < -0.3 is 15.1 Å². The lowest BCUT2D eigenvalue weighted by molar-refractivity contribution is -0.137. The highest BCUT2D eigenvalue weighted by molar-refractivity contribution is 5.81. The van der Waals surface area contributed by atoms with Gasteiger partial charge in [-0.2, -0.15) is 13.2 Å². The largest absolute Gasteiger partial charge is 0.419 e. The number of nitrogens with zero attached hydrogens (tertiary/aromatic N) is 3. The van der Waals surface area contributed by atoms with Crippen LogP contribution in [-0.2, 0) is 15.8 Å². The molecule has 3 rings (SSSR count). The fraction of sp³-hybridized carbons (Fsp3) is 0.667. The Hall–Kier alpha value is -2.32. The van der Waals surface area contributed by atoms with Crippen LogP contribution in [-0.4, -0.2) is 54.4 Å². The molecule has 2 unspecified atom stereocenters. The molecule has 2 aliphatic rings. The van der Waals surface area contributed by atoms with Crippen LogP contribution in [0, 0.1) is 11.8 Å². The van der Waals surface area contributed by atoms with Crippen LogP contribution < -0.4 is 10.2 Å². The second-order valence-electron chi connectivity index (χ2n) is 8.29. The number of likely N-dealkylation sites (tertiary alicyclic amines) is 1. The van der Waals surface area contributed by atoms with Crippen LogP contribution in [0.5, 0.6) is 0 Å². The van der Waals surface area contributed by atoms with Gasteiger partial charge in [-0.1, -0.05) is 6.92 Å². The third kappa shape index (κ3) is 5.64. The molecule has 6 nitrogen and oxygen atoms in total. The number of piperidine rings is 2. The van der Waals surface area contributed by atoms with Crippen LogP contribution >= 0.6 is 0 Å². The Balaban J connectivity index is 1.52. The Kier molecular flexibility index (Phi) is 7.20. The Bertz CT molecular complexity index is 756. The van der Waals surface area contributed by atoms with E-state index in [1.165, 1.54) is 17.2 Å².